The number of pyridine rings is 1. The third-order valence-electron chi connectivity index (χ3n) is 2.54. The molecule has 0 aliphatic heterocycles. The van der Waals surface area contributed by atoms with Crippen LogP contribution in [-0.2, 0) is 9.33 Å². The van der Waals surface area contributed by atoms with Gasteiger partial charge in [0.25, 0.3) is 0 Å². The van der Waals surface area contributed by atoms with Crippen LogP contribution in [0.15, 0.2) is 48.5 Å². The summed E-state index contributed by atoms with van der Waals surface area (Å²) in [6, 6.07) is 15.2. The largest absolute Gasteiger partial charge is 0.507 e. The van der Waals surface area contributed by atoms with E-state index in [1.54, 1.807) is 12.1 Å². The van der Waals surface area contributed by atoms with Gasteiger partial charge in [0.1, 0.15) is 5.75 Å². The van der Waals surface area contributed by atoms with Crippen LogP contribution >= 0.6 is 10.7 Å². The van der Waals surface area contributed by atoms with Crippen molar-refractivity contribution in [1.82, 2.24) is 4.98 Å². The van der Waals surface area contributed by atoms with Gasteiger partial charge in [0.15, 0.2) is 0 Å². The molecule has 3 rings (SSSR count). The molecule has 0 radical (unpaired) electrons. The zero-order chi connectivity index (χ0) is 14.8. The molecule has 2 aromatic carbocycles. The molecule has 1 heterocycles. The third kappa shape index (κ3) is 3.80. The Morgan fingerprint density at radius 2 is 1.60 bits per heavy atom. The van der Waals surface area contributed by atoms with Crippen LogP contribution in [0.5, 0.6) is 5.75 Å². The quantitative estimate of drug-likeness (QED) is 0.378. The Hall–Kier alpha value is -1.89. The number of aromatic nitrogens is 1. The van der Waals surface area contributed by atoms with Gasteiger partial charge in [0, 0.05) is 21.5 Å². The van der Waals surface area contributed by atoms with Crippen molar-refractivity contribution in [3.8, 4) is 5.75 Å². The molecule has 20 heavy (non-hydrogen) atoms. The highest BCUT2D eigenvalue weighted by Crippen LogP contribution is 2.26. The van der Waals surface area contributed by atoms with Crippen LogP contribution in [0.1, 0.15) is 0 Å². The predicted octanol–water partition coefficient (Wildman–Crippen LogP) is 3.12. The Morgan fingerprint density at radius 3 is 2.30 bits per heavy atom. The zero-order valence-corrected chi connectivity index (χ0v) is 11.6. The highest BCUT2D eigenvalue weighted by molar-refractivity contribution is 8.09. The van der Waals surface area contributed by atoms with Gasteiger partial charge in [0.05, 0.1) is 11.0 Å². The number of rotatable bonds is 0. The molecule has 2 N–H and O–H groups in total. The van der Waals surface area contributed by atoms with Crippen LogP contribution in [0.2, 0.25) is 0 Å². The maximum absolute atomic E-state index is 9.69. The number of hydrogen-bond donors (Lipinski definition) is 2. The monoisotopic (exact) mass is 311 g/mol. The van der Waals surface area contributed by atoms with Crippen molar-refractivity contribution in [2.75, 3.05) is 0 Å². The summed E-state index contributed by atoms with van der Waals surface area (Å²) < 4.78 is 25.2. The minimum Gasteiger partial charge on any atom is -0.507 e. The van der Waals surface area contributed by atoms with Crippen LogP contribution in [0.4, 0.5) is 0 Å². The fourth-order valence-corrected chi connectivity index (χ4v) is 1.78. The lowest BCUT2D eigenvalue weighted by Crippen LogP contribution is -1.81. The first-order valence-electron chi connectivity index (χ1n) is 5.49. The molecule has 0 spiro atoms. The van der Waals surface area contributed by atoms with Crippen molar-refractivity contribution in [3.05, 3.63) is 48.5 Å². The van der Waals surface area contributed by atoms with E-state index >= 15 is 0 Å². The van der Waals surface area contributed by atoms with Crippen molar-refractivity contribution in [2.45, 2.75) is 0 Å². The van der Waals surface area contributed by atoms with Crippen molar-refractivity contribution >= 4 is 41.8 Å². The molecule has 0 fully saturated rings. The van der Waals surface area contributed by atoms with E-state index in [1.807, 2.05) is 36.4 Å². The Bertz CT molecular complexity index is 857. The average Bonchev–Trinajstić information content (AvgIpc) is 2.35. The lowest BCUT2D eigenvalue weighted by atomic mass is 10.1. The van der Waals surface area contributed by atoms with Gasteiger partial charge in [-0.25, -0.2) is 4.98 Å². The van der Waals surface area contributed by atoms with Crippen LogP contribution in [0, 0.1) is 0 Å². The highest BCUT2D eigenvalue weighted by atomic mass is 35.7. The van der Waals surface area contributed by atoms with Gasteiger partial charge in [-0.05, 0) is 24.3 Å². The number of phenols is 1. The molecule has 0 atom stereocenters. The number of hydrogen-bond acceptors (Lipinski definition) is 4. The number of aromatic hydroxyl groups is 1. The van der Waals surface area contributed by atoms with Crippen LogP contribution in [0.3, 0.4) is 0 Å². The number of fused-ring (bicyclic) bond motifs is 2. The number of halogens is 1. The average molecular weight is 312 g/mol. The fraction of sp³-hybridized carbons (Fsp3) is 0. The second-order valence-electron chi connectivity index (χ2n) is 3.94. The SMILES string of the molecule is O=S(=O)(O)Cl.Oc1cccc2nc3ccccc3cc12. The Kier molecular flexibility index (Phi) is 4.08. The molecule has 0 bridgehead atoms. The summed E-state index contributed by atoms with van der Waals surface area (Å²) in [5.41, 5.74) is 1.78. The molecule has 0 aliphatic carbocycles. The minimum absolute atomic E-state index is 0.283. The van der Waals surface area contributed by atoms with E-state index in [0.717, 1.165) is 21.8 Å². The molecule has 7 heteroatoms. The third-order valence-corrected chi connectivity index (χ3v) is 2.54. The number of nitrogens with zero attached hydrogens (tertiary/aromatic N) is 1. The lowest BCUT2D eigenvalue weighted by Gasteiger charge is -2.02. The second-order valence-corrected chi connectivity index (χ2v) is 5.93. The summed E-state index contributed by atoms with van der Waals surface area (Å²) in [4.78, 5) is 4.48. The Morgan fingerprint density at radius 1 is 1.00 bits per heavy atom. The maximum Gasteiger partial charge on any atom is 0.353 e. The van der Waals surface area contributed by atoms with Gasteiger partial charge in [-0.3, -0.25) is 4.55 Å². The van der Waals surface area contributed by atoms with Crippen LogP contribution in [-0.4, -0.2) is 23.1 Å². The lowest BCUT2D eigenvalue weighted by molar-refractivity contribution is 0.481. The number of benzene rings is 2. The molecule has 3 aromatic rings. The van der Waals surface area contributed by atoms with Crippen LogP contribution < -0.4 is 0 Å². The molecule has 0 aliphatic rings. The topological polar surface area (TPSA) is 87.5 Å². The summed E-state index contributed by atoms with van der Waals surface area (Å²) in [6.45, 7) is 0. The molecular weight excluding hydrogens is 302 g/mol. The summed E-state index contributed by atoms with van der Waals surface area (Å²) in [6.07, 6.45) is 0. The number of para-hydroxylation sites is 1. The standard InChI is InChI=1S/C13H9NO.ClHO3S/c15-13-7-3-6-12-10(13)8-9-4-1-2-5-11(9)14-12;1-5(2,3)4/h1-8,15H;(H,2,3,4). The van der Waals surface area contributed by atoms with Gasteiger partial charge in [-0.15, -0.1) is 0 Å². The van der Waals surface area contributed by atoms with Crippen LogP contribution in [0.25, 0.3) is 21.8 Å². The first kappa shape index (κ1) is 14.5. The highest BCUT2D eigenvalue weighted by Gasteiger charge is 2.02. The summed E-state index contributed by atoms with van der Waals surface area (Å²) in [5.74, 6) is 0.283. The van der Waals surface area contributed by atoms with E-state index in [0.29, 0.717) is 0 Å². The summed E-state index contributed by atoms with van der Waals surface area (Å²) in [7, 11) is -0.137. The summed E-state index contributed by atoms with van der Waals surface area (Å²) >= 11 is 0. The van der Waals surface area contributed by atoms with Crippen molar-refractivity contribution in [1.29, 1.82) is 0 Å². The fourth-order valence-electron chi connectivity index (χ4n) is 1.78. The zero-order valence-electron chi connectivity index (χ0n) is 10.1. The van der Waals surface area contributed by atoms with E-state index in [4.69, 9.17) is 13.0 Å². The van der Waals surface area contributed by atoms with Crippen molar-refractivity contribution in [3.63, 3.8) is 0 Å². The van der Waals surface area contributed by atoms with Gasteiger partial charge in [-0.1, -0.05) is 24.3 Å². The van der Waals surface area contributed by atoms with E-state index in [-0.39, 0.29) is 5.75 Å². The minimum atomic E-state index is -4.19. The molecule has 0 unspecified atom stereocenters. The van der Waals surface area contributed by atoms with E-state index in [1.165, 1.54) is 0 Å². The molecule has 0 amide bonds. The Labute approximate surface area is 119 Å². The van der Waals surface area contributed by atoms with Gasteiger partial charge in [-0.2, -0.15) is 8.42 Å². The van der Waals surface area contributed by atoms with E-state index in [2.05, 4.69) is 15.7 Å². The first-order valence-corrected chi connectivity index (χ1v) is 7.76. The van der Waals surface area contributed by atoms with Gasteiger partial charge in [0.2, 0.25) is 0 Å². The number of phenolic OH excluding ortho intramolecular Hbond substituents is 1. The summed E-state index contributed by atoms with van der Waals surface area (Å²) in [5, 5.41) is 11.5. The smallest absolute Gasteiger partial charge is 0.353 e. The molecule has 1 aromatic heterocycles. The first-order chi connectivity index (χ1) is 9.34. The maximum atomic E-state index is 9.69. The second kappa shape index (κ2) is 5.62. The molecule has 0 saturated heterocycles. The predicted molar refractivity (Wildman–Crippen MR) is 78.3 cm³/mol. The Balaban J connectivity index is 0.000000257. The van der Waals surface area contributed by atoms with Gasteiger partial charge < -0.3 is 5.11 Å². The van der Waals surface area contributed by atoms with Crippen molar-refractivity contribution in [2.24, 2.45) is 0 Å². The van der Waals surface area contributed by atoms with E-state index < -0.39 is 9.33 Å². The molecule has 104 valence electrons. The normalized spacial score (nSPS) is 11.1. The van der Waals surface area contributed by atoms with E-state index in [9.17, 15) is 5.11 Å². The molecule has 5 nitrogen and oxygen atoms in total. The van der Waals surface area contributed by atoms with Gasteiger partial charge >= 0.3 is 9.33 Å². The molecular formula is C13H10ClNO4S. The molecule has 0 saturated carbocycles. The van der Waals surface area contributed by atoms with Crippen molar-refractivity contribution < 1.29 is 18.1 Å².